The summed E-state index contributed by atoms with van der Waals surface area (Å²) in [5, 5.41) is 14.0. The molecule has 3 heterocycles. The van der Waals surface area contributed by atoms with Crippen molar-refractivity contribution in [2.45, 2.75) is 12.8 Å². The summed E-state index contributed by atoms with van der Waals surface area (Å²) in [6, 6.07) is 16.4. The number of aromatic nitrogens is 2. The summed E-state index contributed by atoms with van der Waals surface area (Å²) < 4.78 is 1.00. The number of benzene rings is 2. The van der Waals surface area contributed by atoms with Gasteiger partial charge >= 0.3 is 0 Å². The zero-order valence-electron chi connectivity index (χ0n) is 18.5. The molecule has 0 amide bonds. The number of rotatable bonds is 5. The minimum atomic E-state index is -0.754. The second-order valence-corrected chi connectivity index (χ2v) is 9.28. The van der Waals surface area contributed by atoms with Gasteiger partial charge in [0.15, 0.2) is 0 Å². The Morgan fingerprint density at radius 3 is 2.58 bits per heavy atom. The zero-order chi connectivity index (χ0) is 22.8. The molecule has 2 aliphatic rings. The molecule has 1 saturated heterocycles. The van der Waals surface area contributed by atoms with Crippen LogP contribution >= 0.6 is 15.9 Å². The highest BCUT2D eigenvalue weighted by molar-refractivity contribution is 9.10. The van der Waals surface area contributed by atoms with Crippen molar-refractivity contribution in [2.75, 3.05) is 48.3 Å². The number of piperazine rings is 1. The lowest BCUT2D eigenvalue weighted by Gasteiger charge is -2.34. The van der Waals surface area contributed by atoms with Crippen LogP contribution in [0.4, 0.5) is 23.1 Å². The molecule has 2 aliphatic heterocycles. The summed E-state index contributed by atoms with van der Waals surface area (Å²) in [7, 11) is 2.16. The number of halogens is 1. The van der Waals surface area contributed by atoms with Gasteiger partial charge in [0.1, 0.15) is 12.0 Å². The average molecular weight is 507 g/mol. The van der Waals surface area contributed by atoms with Gasteiger partial charge in [0, 0.05) is 60.3 Å². The second-order valence-electron chi connectivity index (χ2n) is 8.43. The molecule has 0 bridgehead atoms. The van der Waals surface area contributed by atoms with Crippen molar-refractivity contribution in [1.29, 1.82) is 0 Å². The molecule has 0 saturated carbocycles. The third kappa shape index (κ3) is 4.88. The molecular weight excluding hydrogens is 480 g/mol. The normalized spacial score (nSPS) is 18.3. The Morgan fingerprint density at radius 2 is 1.82 bits per heavy atom. The molecule has 7 nitrogen and oxygen atoms in total. The standard InChI is InChI=1S/C25H27BrN6O/c1-30-12-14-31(15-13-30)21-9-7-20(8-10-21)28-25-27-16-18-6-11-23(33)32(24(18)29-25)17-19-4-2-3-5-22(19)26/h2-11,16,23,33H,12-15,17H2,1H3,(H,27,28,29). The van der Waals surface area contributed by atoms with E-state index in [0.29, 0.717) is 18.3 Å². The number of aliphatic hydroxyl groups excluding tert-OH is 1. The Morgan fingerprint density at radius 1 is 1.06 bits per heavy atom. The van der Waals surface area contributed by atoms with Gasteiger partial charge in [-0.15, -0.1) is 0 Å². The Kier molecular flexibility index (Phi) is 6.30. The highest BCUT2D eigenvalue weighted by atomic mass is 79.9. The molecule has 0 spiro atoms. The largest absolute Gasteiger partial charge is 0.370 e. The number of fused-ring (bicyclic) bond motifs is 1. The summed E-state index contributed by atoms with van der Waals surface area (Å²) in [5.74, 6) is 1.20. The topological polar surface area (TPSA) is 67.8 Å². The first-order valence-electron chi connectivity index (χ1n) is 11.1. The van der Waals surface area contributed by atoms with Gasteiger partial charge in [0.25, 0.3) is 0 Å². The van der Waals surface area contributed by atoms with Crippen molar-refractivity contribution in [3.05, 3.63) is 76.4 Å². The van der Waals surface area contributed by atoms with E-state index in [1.807, 2.05) is 35.2 Å². The first-order valence-corrected chi connectivity index (χ1v) is 11.9. The van der Waals surface area contributed by atoms with Gasteiger partial charge in [-0.25, -0.2) is 4.98 Å². The smallest absolute Gasteiger partial charge is 0.229 e. The number of likely N-dealkylation sites (N-methyl/N-ethyl adjacent to an activating group) is 1. The van der Waals surface area contributed by atoms with E-state index in [0.717, 1.165) is 47.5 Å². The van der Waals surface area contributed by atoms with Crippen LogP contribution in [0.3, 0.4) is 0 Å². The van der Waals surface area contributed by atoms with Crippen LogP contribution in [0, 0.1) is 0 Å². The van der Waals surface area contributed by atoms with Crippen molar-refractivity contribution < 1.29 is 5.11 Å². The van der Waals surface area contributed by atoms with Crippen LogP contribution in [0.15, 0.2) is 65.3 Å². The second kappa shape index (κ2) is 9.51. The average Bonchev–Trinajstić information content (AvgIpc) is 2.83. The van der Waals surface area contributed by atoms with Crippen molar-refractivity contribution in [2.24, 2.45) is 0 Å². The summed E-state index contributed by atoms with van der Waals surface area (Å²) in [6.45, 7) is 4.77. The Bertz CT molecular complexity index is 1140. The highest BCUT2D eigenvalue weighted by Gasteiger charge is 2.24. The van der Waals surface area contributed by atoms with E-state index in [1.165, 1.54) is 5.69 Å². The summed E-state index contributed by atoms with van der Waals surface area (Å²) in [6.07, 6.45) is 4.66. The first-order chi connectivity index (χ1) is 16.1. The van der Waals surface area contributed by atoms with E-state index in [2.05, 4.69) is 67.3 Å². The maximum atomic E-state index is 10.7. The maximum absolute atomic E-state index is 10.7. The quantitative estimate of drug-likeness (QED) is 0.540. The Labute approximate surface area is 202 Å². The van der Waals surface area contributed by atoms with Gasteiger partial charge in [0.05, 0.1) is 0 Å². The third-order valence-corrected chi connectivity index (χ3v) is 6.90. The number of nitrogens with zero attached hydrogens (tertiary/aromatic N) is 5. The fourth-order valence-corrected chi connectivity index (χ4v) is 4.55. The van der Waals surface area contributed by atoms with E-state index in [-0.39, 0.29) is 0 Å². The molecule has 1 atom stereocenters. The van der Waals surface area contributed by atoms with Crippen LogP contribution in [0.1, 0.15) is 11.1 Å². The molecule has 5 rings (SSSR count). The van der Waals surface area contributed by atoms with Crippen LogP contribution < -0.4 is 15.1 Å². The van der Waals surface area contributed by atoms with Gasteiger partial charge in [-0.05, 0) is 55.1 Å². The van der Waals surface area contributed by atoms with E-state index in [9.17, 15) is 5.11 Å². The van der Waals surface area contributed by atoms with Crippen LogP contribution in [0.25, 0.3) is 6.08 Å². The van der Waals surface area contributed by atoms with Crippen LogP contribution in [-0.4, -0.2) is 59.4 Å². The van der Waals surface area contributed by atoms with Crippen molar-refractivity contribution in [3.63, 3.8) is 0 Å². The minimum absolute atomic E-state index is 0.501. The summed E-state index contributed by atoms with van der Waals surface area (Å²) in [4.78, 5) is 15.9. The van der Waals surface area contributed by atoms with Gasteiger partial charge in [0.2, 0.25) is 5.95 Å². The van der Waals surface area contributed by atoms with Crippen molar-refractivity contribution in [1.82, 2.24) is 14.9 Å². The van der Waals surface area contributed by atoms with Crippen LogP contribution in [0.5, 0.6) is 0 Å². The number of hydrogen-bond acceptors (Lipinski definition) is 7. The van der Waals surface area contributed by atoms with E-state index >= 15 is 0 Å². The van der Waals surface area contributed by atoms with E-state index in [1.54, 1.807) is 12.3 Å². The molecule has 2 N–H and O–H groups in total. The first kappa shape index (κ1) is 21.9. The van der Waals surface area contributed by atoms with Crippen molar-refractivity contribution >= 4 is 45.1 Å². The molecular formula is C25H27BrN6O. The van der Waals surface area contributed by atoms with Gasteiger partial charge in [-0.1, -0.05) is 34.1 Å². The van der Waals surface area contributed by atoms with E-state index in [4.69, 9.17) is 4.98 Å². The lowest BCUT2D eigenvalue weighted by molar-refractivity contribution is 0.213. The summed E-state index contributed by atoms with van der Waals surface area (Å²) >= 11 is 3.60. The molecule has 1 fully saturated rings. The molecule has 33 heavy (non-hydrogen) atoms. The fraction of sp³-hybridized carbons (Fsp3) is 0.280. The molecule has 2 aromatic carbocycles. The zero-order valence-corrected chi connectivity index (χ0v) is 20.1. The van der Waals surface area contributed by atoms with Crippen LogP contribution in [-0.2, 0) is 6.54 Å². The third-order valence-electron chi connectivity index (χ3n) is 6.13. The minimum Gasteiger partial charge on any atom is -0.370 e. The fourth-order valence-electron chi connectivity index (χ4n) is 4.14. The van der Waals surface area contributed by atoms with Gasteiger partial charge < -0.3 is 25.1 Å². The lowest BCUT2D eigenvalue weighted by atomic mass is 10.1. The molecule has 3 aromatic rings. The highest BCUT2D eigenvalue weighted by Crippen LogP contribution is 2.30. The number of nitrogens with one attached hydrogen (secondary N) is 1. The molecule has 8 heteroatoms. The number of hydrogen-bond donors (Lipinski definition) is 2. The Hall–Kier alpha value is -2.94. The molecule has 1 aromatic heterocycles. The lowest BCUT2D eigenvalue weighted by Crippen LogP contribution is -2.44. The van der Waals surface area contributed by atoms with Gasteiger partial charge in [-0.2, -0.15) is 4.98 Å². The molecule has 0 aliphatic carbocycles. The number of anilines is 4. The Balaban J connectivity index is 1.34. The summed E-state index contributed by atoms with van der Waals surface area (Å²) in [5.41, 5.74) is 4.11. The monoisotopic (exact) mass is 506 g/mol. The van der Waals surface area contributed by atoms with Crippen molar-refractivity contribution in [3.8, 4) is 0 Å². The molecule has 1 unspecified atom stereocenters. The predicted molar refractivity (Wildman–Crippen MR) is 137 cm³/mol. The molecule has 170 valence electrons. The maximum Gasteiger partial charge on any atom is 0.229 e. The van der Waals surface area contributed by atoms with Crippen LogP contribution in [0.2, 0.25) is 0 Å². The van der Waals surface area contributed by atoms with E-state index < -0.39 is 6.23 Å². The predicted octanol–water partition coefficient (Wildman–Crippen LogP) is 4.09. The molecule has 0 radical (unpaired) electrons. The number of aliphatic hydroxyl groups is 1. The SMILES string of the molecule is CN1CCN(c2ccc(Nc3ncc4c(n3)N(Cc3ccccc3Br)C(O)C=C4)cc2)CC1. The van der Waals surface area contributed by atoms with Gasteiger partial charge in [-0.3, -0.25) is 0 Å².